The summed E-state index contributed by atoms with van der Waals surface area (Å²) in [5.41, 5.74) is 1.50. The third kappa shape index (κ3) is 1.60. The Morgan fingerprint density at radius 2 is 2.13 bits per heavy atom. The number of carbonyl (C=O) groups excluding carboxylic acids is 1. The van der Waals surface area contributed by atoms with Crippen molar-refractivity contribution in [2.75, 3.05) is 13.2 Å². The standard InChI is InChI=1S/C8H10N2O5/c11-7-5(9-12)3-8(4-6(7)10-13)14-1-2-15-8/h3,9,12-13H,1-2,4H2/b10-6+. The molecule has 82 valence electrons. The quantitative estimate of drug-likeness (QED) is 0.398. The molecule has 2 aliphatic rings. The monoisotopic (exact) mass is 214 g/mol. The summed E-state index contributed by atoms with van der Waals surface area (Å²) in [6.45, 7) is 0.782. The third-order valence-corrected chi connectivity index (χ3v) is 2.30. The zero-order valence-corrected chi connectivity index (χ0v) is 7.77. The Morgan fingerprint density at radius 1 is 1.47 bits per heavy atom. The lowest BCUT2D eigenvalue weighted by atomic mass is 9.96. The van der Waals surface area contributed by atoms with Crippen LogP contribution in [0.5, 0.6) is 0 Å². The highest BCUT2D eigenvalue weighted by molar-refractivity contribution is 6.46. The molecule has 0 atom stereocenters. The average Bonchev–Trinajstić information content (AvgIpc) is 2.70. The number of carbonyl (C=O) groups is 1. The fraction of sp³-hybridized carbons (Fsp3) is 0.500. The number of hydrogen-bond acceptors (Lipinski definition) is 7. The highest BCUT2D eigenvalue weighted by atomic mass is 16.7. The summed E-state index contributed by atoms with van der Waals surface area (Å²) in [4.78, 5) is 11.4. The summed E-state index contributed by atoms with van der Waals surface area (Å²) in [6.07, 6.45) is 1.38. The Labute approximate surface area is 84.9 Å². The molecule has 0 aromatic heterocycles. The van der Waals surface area contributed by atoms with Crippen molar-refractivity contribution < 1.29 is 24.7 Å². The van der Waals surface area contributed by atoms with E-state index in [1.54, 1.807) is 5.48 Å². The minimum Gasteiger partial charge on any atom is -0.411 e. The van der Waals surface area contributed by atoms with Gasteiger partial charge < -0.3 is 14.7 Å². The second kappa shape index (κ2) is 3.61. The molecule has 0 bridgehead atoms. The van der Waals surface area contributed by atoms with Crippen LogP contribution in [0, 0.1) is 0 Å². The van der Waals surface area contributed by atoms with Gasteiger partial charge in [-0.3, -0.25) is 15.5 Å². The van der Waals surface area contributed by atoms with Crippen LogP contribution in [0.4, 0.5) is 0 Å². The van der Waals surface area contributed by atoms with Gasteiger partial charge in [0.15, 0.2) is 5.79 Å². The van der Waals surface area contributed by atoms with Gasteiger partial charge in [-0.05, 0) is 0 Å². The smallest absolute Gasteiger partial charge is 0.228 e. The van der Waals surface area contributed by atoms with E-state index in [4.69, 9.17) is 19.9 Å². The van der Waals surface area contributed by atoms with Gasteiger partial charge in [-0.25, -0.2) is 0 Å². The van der Waals surface area contributed by atoms with Crippen LogP contribution in [0.2, 0.25) is 0 Å². The molecule has 0 radical (unpaired) electrons. The first kappa shape index (κ1) is 10.1. The number of ketones is 1. The lowest BCUT2D eigenvalue weighted by Gasteiger charge is -2.28. The minimum absolute atomic E-state index is 0.0352. The van der Waals surface area contributed by atoms with Crippen LogP contribution in [0.1, 0.15) is 6.42 Å². The molecule has 1 spiro atoms. The predicted molar refractivity (Wildman–Crippen MR) is 46.5 cm³/mol. The number of hydrogen-bond donors (Lipinski definition) is 3. The molecule has 3 N–H and O–H groups in total. The summed E-state index contributed by atoms with van der Waals surface area (Å²) in [7, 11) is 0. The predicted octanol–water partition coefficient (Wildman–Crippen LogP) is -0.605. The number of hydroxylamine groups is 1. The lowest BCUT2D eigenvalue weighted by Crippen LogP contribution is -2.42. The topological polar surface area (TPSA) is 100 Å². The zero-order chi connectivity index (χ0) is 10.9. The molecule has 0 saturated carbocycles. The minimum atomic E-state index is -1.10. The molecule has 0 aromatic rings. The molecule has 1 aliphatic carbocycles. The normalized spacial score (nSPS) is 27.1. The van der Waals surface area contributed by atoms with E-state index in [2.05, 4.69) is 5.16 Å². The van der Waals surface area contributed by atoms with Gasteiger partial charge >= 0.3 is 0 Å². The van der Waals surface area contributed by atoms with E-state index in [1.165, 1.54) is 6.08 Å². The Hall–Kier alpha value is -1.44. The molecule has 0 amide bonds. The molecule has 1 saturated heterocycles. The second-order valence-electron chi connectivity index (χ2n) is 3.23. The maximum absolute atomic E-state index is 11.4. The van der Waals surface area contributed by atoms with Crippen LogP contribution >= 0.6 is 0 Å². The van der Waals surface area contributed by atoms with Crippen molar-refractivity contribution in [2.45, 2.75) is 12.2 Å². The number of oxime groups is 1. The van der Waals surface area contributed by atoms with E-state index in [0.717, 1.165) is 0 Å². The van der Waals surface area contributed by atoms with Crippen LogP contribution in [-0.4, -0.2) is 40.9 Å². The second-order valence-corrected chi connectivity index (χ2v) is 3.23. The van der Waals surface area contributed by atoms with Crippen LogP contribution in [0.15, 0.2) is 16.9 Å². The average molecular weight is 214 g/mol. The maximum Gasteiger partial charge on any atom is 0.228 e. The molecule has 7 nitrogen and oxygen atoms in total. The fourth-order valence-corrected chi connectivity index (χ4v) is 1.63. The highest BCUT2D eigenvalue weighted by Gasteiger charge is 2.43. The van der Waals surface area contributed by atoms with E-state index in [-0.39, 0.29) is 17.8 Å². The van der Waals surface area contributed by atoms with E-state index in [1.807, 2.05) is 0 Å². The molecule has 0 aromatic carbocycles. The van der Waals surface area contributed by atoms with Gasteiger partial charge in [0.1, 0.15) is 11.4 Å². The molecule has 15 heavy (non-hydrogen) atoms. The van der Waals surface area contributed by atoms with E-state index in [9.17, 15) is 4.79 Å². The van der Waals surface area contributed by atoms with E-state index < -0.39 is 11.6 Å². The van der Waals surface area contributed by atoms with Gasteiger partial charge in [-0.1, -0.05) is 5.16 Å². The van der Waals surface area contributed by atoms with Crippen LogP contribution in [0.3, 0.4) is 0 Å². The Balaban J connectivity index is 2.37. The van der Waals surface area contributed by atoms with Crippen LogP contribution in [-0.2, 0) is 14.3 Å². The first-order chi connectivity index (χ1) is 7.21. The summed E-state index contributed by atoms with van der Waals surface area (Å²) in [5.74, 6) is -1.68. The van der Waals surface area contributed by atoms with Gasteiger partial charge in [0.05, 0.1) is 19.6 Å². The molecule has 1 fully saturated rings. The number of rotatable bonds is 1. The maximum atomic E-state index is 11.4. The first-order valence-electron chi connectivity index (χ1n) is 4.37. The summed E-state index contributed by atoms with van der Waals surface area (Å²) in [6, 6.07) is 0. The molecule has 1 heterocycles. The van der Waals surface area contributed by atoms with Crippen LogP contribution < -0.4 is 5.48 Å². The summed E-state index contributed by atoms with van der Waals surface area (Å²) >= 11 is 0. The van der Waals surface area contributed by atoms with Crippen molar-refractivity contribution in [1.29, 1.82) is 0 Å². The molecule has 7 heteroatoms. The van der Waals surface area contributed by atoms with E-state index >= 15 is 0 Å². The summed E-state index contributed by atoms with van der Waals surface area (Å²) < 4.78 is 10.6. The van der Waals surface area contributed by atoms with Gasteiger partial charge in [-0.2, -0.15) is 0 Å². The highest BCUT2D eigenvalue weighted by Crippen LogP contribution is 2.30. The largest absolute Gasteiger partial charge is 0.411 e. The Bertz CT molecular complexity index is 343. The van der Waals surface area contributed by atoms with Crippen molar-refractivity contribution >= 4 is 11.5 Å². The molecule has 2 rings (SSSR count). The SMILES string of the molecule is O=C1C(NO)=CC2(C/C1=N\O)OCCO2. The molecular weight excluding hydrogens is 204 g/mol. The van der Waals surface area contributed by atoms with Gasteiger partial charge in [-0.15, -0.1) is 0 Å². The lowest BCUT2D eigenvalue weighted by molar-refractivity contribution is -0.124. The van der Waals surface area contributed by atoms with Gasteiger partial charge in [0.25, 0.3) is 0 Å². The zero-order valence-electron chi connectivity index (χ0n) is 7.77. The first-order valence-corrected chi connectivity index (χ1v) is 4.37. The third-order valence-electron chi connectivity index (χ3n) is 2.30. The van der Waals surface area contributed by atoms with Gasteiger partial charge in [0, 0.05) is 6.08 Å². The molecule has 0 unspecified atom stereocenters. The van der Waals surface area contributed by atoms with E-state index in [0.29, 0.717) is 13.2 Å². The Morgan fingerprint density at radius 3 is 2.67 bits per heavy atom. The van der Waals surface area contributed by atoms with Crippen molar-refractivity contribution in [2.24, 2.45) is 5.16 Å². The van der Waals surface area contributed by atoms with Crippen molar-refractivity contribution in [1.82, 2.24) is 5.48 Å². The fourth-order valence-electron chi connectivity index (χ4n) is 1.63. The number of nitrogens with one attached hydrogen (secondary N) is 1. The van der Waals surface area contributed by atoms with Crippen molar-refractivity contribution in [3.05, 3.63) is 11.8 Å². The Kier molecular flexibility index (Phi) is 2.43. The van der Waals surface area contributed by atoms with Crippen LogP contribution in [0.25, 0.3) is 0 Å². The summed E-state index contributed by atoms with van der Waals surface area (Å²) in [5, 5.41) is 20.2. The number of allylic oxidation sites excluding steroid dienone is 1. The molecular formula is C8H10N2O5. The molecule has 1 aliphatic heterocycles. The number of nitrogens with zero attached hydrogens (tertiary/aromatic N) is 1. The number of ether oxygens (including phenoxy) is 2. The number of Topliss-reactive ketones (excluding diaryl/α,β-unsaturated/α-hetero) is 1. The van der Waals surface area contributed by atoms with Gasteiger partial charge in [0.2, 0.25) is 5.78 Å². The van der Waals surface area contributed by atoms with Crippen molar-refractivity contribution in [3.8, 4) is 0 Å². The van der Waals surface area contributed by atoms with Crippen molar-refractivity contribution in [3.63, 3.8) is 0 Å².